The van der Waals surface area contributed by atoms with Crippen LogP contribution >= 0.6 is 0 Å². The van der Waals surface area contributed by atoms with E-state index >= 15 is 0 Å². The predicted molar refractivity (Wildman–Crippen MR) is 248 cm³/mol. The molecule has 0 saturated heterocycles. The fourth-order valence-electron chi connectivity index (χ4n) is 10.6. The Morgan fingerprint density at radius 1 is 0.593 bits per heavy atom. The second kappa shape index (κ2) is 14.8. The van der Waals surface area contributed by atoms with Crippen molar-refractivity contribution in [3.8, 4) is 39.1 Å². The molecule has 59 heavy (non-hydrogen) atoms. The molecule has 0 fully saturated rings. The van der Waals surface area contributed by atoms with Crippen LogP contribution in [0, 0.1) is 6.92 Å². The molecule has 1 N–H and O–H groups in total. The average Bonchev–Trinajstić information content (AvgIpc) is 3.95. The highest BCUT2D eigenvalue weighted by Gasteiger charge is 2.30. The first kappa shape index (κ1) is 35.8. The lowest BCUT2D eigenvalue weighted by Gasteiger charge is -2.18. The van der Waals surface area contributed by atoms with Crippen LogP contribution in [-0.2, 0) is 19.3 Å². The van der Waals surface area contributed by atoms with Crippen molar-refractivity contribution < 1.29 is 0 Å². The lowest BCUT2D eigenvalue weighted by molar-refractivity contribution is 0.702. The van der Waals surface area contributed by atoms with E-state index in [0.717, 1.165) is 32.1 Å². The van der Waals surface area contributed by atoms with Crippen LogP contribution in [0.25, 0.3) is 60.9 Å². The number of hydrogen-bond acceptors (Lipinski definition) is 0. The highest BCUT2D eigenvalue weighted by atomic mass is 15.0. The summed E-state index contributed by atoms with van der Waals surface area (Å²) in [4.78, 5) is 3.71. The number of aromatic amines is 1. The molecule has 2 nitrogen and oxygen atoms in total. The number of aromatic nitrogens is 2. The quantitative estimate of drug-likeness (QED) is 0.151. The van der Waals surface area contributed by atoms with Gasteiger partial charge in [0.1, 0.15) is 0 Å². The van der Waals surface area contributed by atoms with Crippen LogP contribution in [0.4, 0.5) is 0 Å². The minimum absolute atomic E-state index is 0.326. The van der Waals surface area contributed by atoms with Gasteiger partial charge in [0, 0.05) is 45.7 Å². The van der Waals surface area contributed by atoms with Crippen molar-refractivity contribution in [2.24, 2.45) is 0 Å². The van der Waals surface area contributed by atoms with Crippen molar-refractivity contribution in [1.29, 1.82) is 0 Å². The van der Waals surface area contributed by atoms with E-state index in [4.69, 9.17) is 0 Å². The summed E-state index contributed by atoms with van der Waals surface area (Å²) in [6, 6.07) is 60.2. The van der Waals surface area contributed by atoms with Gasteiger partial charge in [0.15, 0.2) is 0 Å². The first-order chi connectivity index (χ1) is 29.1. The zero-order valence-corrected chi connectivity index (χ0v) is 34.1. The second-order valence-electron chi connectivity index (χ2n) is 17.1. The Morgan fingerprint density at radius 3 is 2.31 bits per heavy atom. The molecule has 0 amide bonds. The zero-order chi connectivity index (χ0) is 39.5. The molecule has 0 bridgehead atoms. The van der Waals surface area contributed by atoms with Crippen LogP contribution < -0.4 is 0 Å². The minimum atomic E-state index is 0.326. The van der Waals surface area contributed by atoms with Crippen molar-refractivity contribution in [3.63, 3.8) is 0 Å². The van der Waals surface area contributed by atoms with Gasteiger partial charge in [-0.2, -0.15) is 0 Å². The maximum atomic E-state index is 3.71. The first-order valence-electron chi connectivity index (χ1n) is 21.8. The molecular formula is C57H50N2. The van der Waals surface area contributed by atoms with E-state index in [0.29, 0.717) is 11.8 Å². The van der Waals surface area contributed by atoms with Gasteiger partial charge in [-0.25, -0.2) is 0 Å². The first-order valence-corrected chi connectivity index (χ1v) is 21.8. The highest BCUT2D eigenvalue weighted by molar-refractivity contribution is 6.10. The number of fused-ring (bicyclic) bond motifs is 9. The molecule has 0 spiro atoms. The van der Waals surface area contributed by atoms with Crippen molar-refractivity contribution in [3.05, 3.63) is 209 Å². The Labute approximate surface area is 348 Å². The molecule has 9 aromatic rings. The predicted octanol–water partition coefficient (Wildman–Crippen LogP) is 14.9. The number of unbranched alkanes of at least 4 members (excludes halogenated alkanes) is 1. The number of nitrogens with one attached hydrogen (secondary N) is 1. The van der Waals surface area contributed by atoms with E-state index in [1.807, 2.05) is 0 Å². The summed E-state index contributed by atoms with van der Waals surface area (Å²) in [6.07, 6.45) is 9.97. The van der Waals surface area contributed by atoms with Crippen LogP contribution in [0.15, 0.2) is 164 Å². The molecule has 7 aromatic carbocycles. The SMILES string of the molecule is CCCCc1ccc2c(c1)c1cc(C)ccc1n2-c1ccc2c(c1)-c1ccccc1C2CCc1cccc(C2CCc3ccc(-c4ccccc4)cc3-c3cc[nH]c32)c1. The van der Waals surface area contributed by atoms with Gasteiger partial charge in [0.2, 0.25) is 0 Å². The lowest BCUT2D eigenvalue weighted by Crippen LogP contribution is -2.04. The monoisotopic (exact) mass is 762 g/mol. The summed E-state index contributed by atoms with van der Waals surface area (Å²) in [5.41, 5.74) is 23.1. The number of hydrogen-bond donors (Lipinski definition) is 1. The van der Waals surface area contributed by atoms with Gasteiger partial charge in [-0.15, -0.1) is 0 Å². The van der Waals surface area contributed by atoms with Crippen LogP contribution in [0.5, 0.6) is 0 Å². The van der Waals surface area contributed by atoms with Gasteiger partial charge in [-0.1, -0.05) is 128 Å². The van der Waals surface area contributed by atoms with Gasteiger partial charge in [-0.05, 0) is 155 Å². The third-order valence-corrected chi connectivity index (χ3v) is 13.5. The topological polar surface area (TPSA) is 20.7 Å². The largest absolute Gasteiger partial charge is 0.364 e. The summed E-state index contributed by atoms with van der Waals surface area (Å²) in [6.45, 7) is 4.49. The third-order valence-electron chi connectivity index (χ3n) is 13.5. The standard InChI is InChI=1S/C57H50N2/c1-3-4-11-39-20-29-56-54(34-39)53-32-37(2)18-28-55(53)59(56)44-24-27-49-48(46-16-8-9-17-47(46)52(49)36-44)25-19-38-12-10-15-43(33-38)45-26-23-41-21-22-42(40-13-6-5-7-14-40)35-51(41)50-30-31-58-57(45)50/h5-10,12-18,20-22,24,27-36,45,48,58H,3-4,11,19,23,25-26H2,1-2H3. The van der Waals surface area contributed by atoms with Gasteiger partial charge in [0.05, 0.1) is 11.0 Å². The Bertz CT molecular complexity index is 3010. The summed E-state index contributed by atoms with van der Waals surface area (Å²) in [5.74, 6) is 0.689. The highest BCUT2D eigenvalue weighted by Crippen LogP contribution is 2.48. The lowest BCUT2D eigenvalue weighted by atomic mass is 9.87. The Balaban J connectivity index is 0.897. The number of rotatable bonds is 9. The van der Waals surface area contributed by atoms with E-state index in [9.17, 15) is 0 Å². The van der Waals surface area contributed by atoms with E-state index in [1.54, 1.807) is 0 Å². The molecule has 2 heteroatoms. The molecule has 11 rings (SSSR count). The fourth-order valence-corrected chi connectivity index (χ4v) is 10.6. The number of H-pyrrole nitrogens is 1. The van der Waals surface area contributed by atoms with E-state index < -0.39 is 0 Å². The van der Waals surface area contributed by atoms with Gasteiger partial charge < -0.3 is 9.55 Å². The average molecular weight is 763 g/mol. The van der Waals surface area contributed by atoms with Crippen molar-refractivity contribution >= 4 is 21.8 Å². The van der Waals surface area contributed by atoms with Crippen molar-refractivity contribution in [2.45, 2.75) is 70.6 Å². The summed E-state index contributed by atoms with van der Waals surface area (Å²) in [5, 5.41) is 2.70. The van der Waals surface area contributed by atoms with Gasteiger partial charge in [-0.3, -0.25) is 0 Å². The molecule has 0 saturated carbocycles. The Morgan fingerprint density at radius 2 is 1.41 bits per heavy atom. The Kier molecular flexibility index (Phi) is 8.95. The second-order valence-corrected chi connectivity index (χ2v) is 17.1. The molecule has 2 aliphatic rings. The van der Waals surface area contributed by atoms with E-state index in [-0.39, 0.29) is 0 Å². The molecule has 2 atom stereocenters. The molecule has 0 aliphatic heterocycles. The molecule has 0 radical (unpaired) electrons. The fraction of sp³-hybridized carbons (Fsp3) is 0.193. The number of benzene rings is 7. The van der Waals surface area contributed by atoms with E-state index in [1.165, 1.54) is 118 Å². The third kappa shape index (κ3) is 6.25. The van der Waals surface area contributed by atoms with Crippen molar-refractivity contribution in [1.82, 2.24) is 9.55 Å². The van der Waals surface area contributed by atoms with Crippen LogP contribution in [0.3, 0.4) is 0 Å². The normalized spacial score (nSPS) is 15.5. The van der Waals surface area contributed by atoms with E-state index in [2.05, 4.69) is 187 Å². The molecule has 288 valence electrons. The zero-order valence-electron chi connectivity index (χ0n) is 34.1. The smallest absolute Gasteiger partial charge is 0.0541 e. The minimum Gasteiger partial charge on any atom is -0.364 e. The molecule has 2 unspecified atom stereocenters. The summed E-state index contributed by atoms with van der Waals surface area (Å²) in [7, 11) is 0. The molecule has 2 aromatic heterocycles. The summed E-state index contributed by atoms with van der Waals surface area (Å²) < 4.78 is 2.50. The van der Waals surface area contributed by atoms with Gasteiger partial charge >= 0.3 is 0 Å². The van der Waals surface area contributed by atoms with Crippen LogP contribution in [-0.4, -0.2) is 9.55 Å². The van der Waals surface area contributed by atoms with Crippen molar-refractivity contribution in [2.75, 3.05) is 0 Å². The number of nitrogens with zero attached hydrogens (tertiary/aromatic N) is 1. The van der Waals surface area contributed by atoms with Crippen LogP contribution in [0.2, 0.25) is 0 Å². The maximum absolute atomic E-state index is 3.71. The van der Waals surface area contributed by atoms with Gasteiger partial charge in [0.25, 0.3) is 0 Å². The number of aryl methyl sites for hydroxylation is 4. The Hall–Kier alpha value is -6.38. The maximum Gasteiger partial charge on any atom is 0.0541 e. The molecule has 2 aliphatic carbocycles. The molecular weight excluding hydrogens is 713 g/mol. The summed E-state index contributed by atoms with van der Waals surface area (Å²) >= 11 is 0. The van der Waals surface area contributed by atoms with Crippen LogP contribution in [0.1, 0.15) is 89.1 Å². The molecule has 2 heterocycles.